The zero-order valence-electron chi connectivity index (χ0n) is 11.7. The van der Waals surface area contributed by atoms with Crippen molar-refractivity contribution in [1.82, 2.24) is 4.90 Å². The van der Waals surface area contributed by atoms with Gasteiger partial charge in [-0.15, -0.1) is 11.8 Å². The van der Waals surface area contributed by atoms with Crippen LogP contribution in [0.1, 0.15) is 30.6 Å². The monoisotopic (exact) mass is 293 g/mol. The molecule has 1 aliphatic heterocycles. The summed E-state index contributed by atoms with van der Waals surface area (Å²) in [5, 5.41) is 9.47. The van der Waals surface area contributed by atoms with E-state index in [1.54, 1.807) is 16.7 Å². The highest BCUT2D eigenvalue weighted by molar-refractivity contribution is 7.99. The van der Waals surface area contributed by atoms with Crippen LogP contribution in [-0.2, 0) is 4.79 Å². The summed E-state index contributed by atoms with van der Waals surface area (Å²) >= 11 is 1.75. The molecular weight excluding hydrogens is 274 g/mol. The van der Waals surface area contributed by atoms with E-state index in [-0.39, 0.29) is 5.91 Å². The lowest BCUT2D eigenvalue weighted by molar-refractivity contribution is -0.141. The third-order valence-electron chi connectivity index (χ3n) is 3.30. The molecule has 1 fully saturated rings. The van der Waals surface area contributed by atoms with E-state index in [9.17, 15) is 9.59 Å². The number of carboxylic acid groups (broad SMARTS) is 1. The van der Waals surface area contributed by atoms with E-state index in [0.29, 0.717) is 30.3 Å². The van der Waals surface area contributed by atoms with Crippen LogP contribution < -0.4 is 0 Å². The first kappa shape index (κ1) is 14.9. The minimum Gasteiger partial charge on any atom is -0.481 e. The van der Waals surface area contributed by atoms with Gasteiger partial charge in [-0.25, -0.2) is 0 Å². The molecule has 0 spiro atoms. The highest BCUT2D eigenvalue weighted by Crippen LogP contribution is 2.24. The third kappa shape index (κ3) is 3.54. The number of hydrogen-bond donors (Lipinski definition) is 1. The predicted molar refractivity (Wildman–Crippen MR) is 79.1 cm³/mol. The molecule has 108 valence electrons. The molecule has 1 aromatic rings. The van der Waals surface area contributed by atoms with Gasteiger partial charge in [0.2, 0.25) is 0 Å². The number of rotatable bonds is 4. The Labute approximate surface area is 123 Å². The number of nitrogens with zero attached hydrogens (tertiary/aromatic N) is 1. The summed E-state index contributed by atoms with van der Waals surface area (Å²) in [4.78, 5) is 26.0. The Hall–Kier alpha value is -1.49. The minimum atomic E-state index is -0.816. The number of carboxylic acids is 1. The van der Waals surface area contributed by atoms with E-state index in [0.717, 1.165) is 4.90 Å². The van der Waals surface area contributed by atoms with Crippen LogP contribution >= 0.6 is 11.8 Å². The van der Waals surface area contributed by atoms with Gasteiger partial charge in [-0.1, -0.05) is 13.8 Å². The number of likely N-dealkylation sites (tertiary alicyclic amines) is 1. The first-order chi connectivity index (χ1) is 9.47. The van der Waals surface area contributed by atoms with Gasteiger partial charge in [-0.2, -0.15) is 0 Å². The summed E-state index contributed by atoms with van der Waals surface area (Å²) in [6.45, 7) is 5.09. The molecule has 1 N–H and O–H groups in total. The summed E-state index contributed by atoms with van der Waals surface area (Å²) < 4.78 is 0. The van der Waals surface area contributed by atoms with Crippen LogP contribution in [0.5, 0.6) is 0 Å². The zero-order valence-corrected chi connectivity index (χ0v) is 12.5. The average Bonchev–Trinajstić information content (AvgIpc) is 2.88. The molecule has 5 heteroatoms. The lowest BCUT2D eigenvalue weighted by Gasteiger charge is -2.16. The molecule has 1 heterocycles. The van der Waals surface area contributed by atoms with Crippen molar-refractivity contribution < 1.29 is 14.7 Å². The summed E-state index contributed by atoms with van der Waals surface area (Å²) in [6, 6.07) is 7.54. The fourth-order valence-electron chi connectivity index (χ4n) is 2.28. The van der Waals surface area contributed by atoms with Gasteiger partial charge in [-0.3, -0.25) is 9.59 Å². The molecule has 1 unspecified atom stereocenters. The number of carbonyl (C=O) groups is 2. The quantitative estimate of drug-likeness (QED) is 0.867. The average molecular weight is 293 g/mol. The zero-order chi connectivity index (χ0) is 14.7. The van der Waals surface area contributed by atoms with E-state index in [4.69, 9.17) is 5.11 Å². The van der Waals surface area contributed by atoms with Crippen LogP contribution in [0.15, 0.2) is 29.2 Å². The molecular formula is C15H19NO3S. The van der Waals surface area contributed by atoms with E-state index in [1.807, 2.05) is 24.3 Å². The number of hydrogen-bond acceptors (Lipinski definition) is 3. The third-order valence-corrected chi connectivity index (χ3v) is 4.31. The maximum absolute atomic E-state index is 12.3. The highest BCUT2D eigenvalue weighted by atomic mass is 32.2. The number of amides is 1. The van der Waals surface area contributed by atoms with Gasteiger partial charge in [0, 0.05) is 28.8 Å². The molecule has 0 aromatic heterocycles. The minimum absolute atomic E-state index is 0.0742. The van der Waals surface area contributed by atoms with Crippen LogP contribution in [0, 0.1) is 5.92 Å². The molecule has 1 aromatic carbocycles. The molecule has 1 saturated heterocycles. The molecule has 1 atom stereocenters. The molecule has 4 nitrogen and oxygen atoms in total. The van der Waals surface area contributed by atoms with E-state index >= 15 is 0 Å². The molecule has 2 rings (SSSR count). The van der Waals surface area contributed by atoms with Crippen molar-refractivity contribution in [2.45, 2.75) is 30.4 Å². The van der Waals surface area contributed by atoms with E-state index in [2.05, 4.69) is 13.8 Å². The molecule has 20 heavy (non-hydrogen) atoms. The number of thioether (sulfide) groups is 1. The van der Waals surface area contributed by atoms with Gasteiger partial charge in [0.05, 0.1) is 5.92 Å². The van der Waals surface area contributed by atoms with Crippen LogP contribution in [0.25, 0.3) is 0 Å². The molecule has 0 radical (unpaired) electrons. The van der Waals surface area contributed by atoms with Gasteiger partial charge in [0.1, 0.15) is 0 Å². The van der Waals surface area contributed by atoms with Crippen molar-refractivity contribution in [3.8, 4) is 0 Å². The van der Waals surface area contributed by atoms with Crippen molar-refractivity contribution in [2.24, 2.45) is 5.92 Å². The molecule has 1 amide bonds. The summed E-state index contributed by atoms with van der Waals surface area (Å²) in [5.41, 5.74) is 0.629. The Kier molecular flexibility index (Phi) is 4.70. The van der Waals surface area contributed by atoms with Crippen LogP contribution in [0.2, 0.25) is 0 Å². The fraction of sp³-hybridized carbons (Fsp3) is 0.467. The van der Waals surface area contributed by atoms with Crippen molar-refractivity contribution in [3.63, 3.8) is 0 Å². The van der Waals surface area contributed by atoms with Gasteiger partial charge < -0.3 is 10.0 Å². The summed E-state index contributed by atoms with van der Waals surface area (Å²) in [6.07, 6.45) is 0.544. The fourth-order valence-corrected chi connectivity index (χ4v) is 3.11. The molecule has 1 aliphatic rings. The second-order valence-electron chi connectivity index (χ2n) is 5.27. The van der Waals surface area contributed by atoms with Crippen molar-refractivity contribution >= 4 is 23.6 Å². The smallest absolute Gasteiger partial charge is 0.308 e. The Balaban J connectivity index is 2.01. The van der Waals surface area contributed by atoms with Gasteiger partial charge in [0.25, 0.3) is 5.91 Å². The normalized spacial score (nSPS) is 18.6. The molecule has 0 bridgehead atoms. The maximum Gasteiger partial charge on any atom is 0.308 e. The Morgan fingerprint density at radius 1 is 1.30 bits per heavy atom. The Morgan fingerprint density at radius 2 is 1.95 bits per heavy atom. The first-order valence-electron chi connectivity index (χ1n) is 6.76. The largest absolute Gasteiger partial charge is 0.481 e. The van der Waals surface area contributed by atoms with Crippen LogP contribution in [-0.4, -0.2) is 40.2 Å². The lowest BCUT2D eigenvalue weighted by atomic mass is 10.1. The van der Waals surface area contributed by atoms with Crippen LogP contribution in [0.4, 0.5) is 0 Å². The topological polar surface area (TPSA) is 57.6 Å². The van der Waals surface area contributed by atoms with Gasteiger partial charge in [0.15, 0.2) is 0 Å². The number of carbonyl (C=O) groups excluding carboxylic acids is 1. The molecule has 0 saturated carbocycles. The van der Waals surface area contributed by atoms with Gasteiger partial charge >= 0.3 is 5.97 Å². The Morgan fingerprint density at radius 3 is 2.45 bits per heavy atom. The van der Waals surface area contributed by atoms with E-state index < -0.39 is 11.9 Å². The Bertz CT molecular complexity index is 498. The summed E-state index contributed by atoms with van der Waals surface area (Å²) in [5.74, 6) is -1.31. The number of aliphatic carboxylic acids is 1. The van der Waals surface area contributed by atoms with Crippen LogP contribution in [0.3, 0.4) is 0 Å². The molecule has 0 aliphatic carbocycles. The standard InChI is InChI=1S/C15H19NO3S/c1-10(2)20-13-5-3-11(4-6-13)14(17)16-8-7-12(9-16)15(18)19/h3-6,10,12H,7-9H2,1-2H3,(H,18,19). The predicted octanol–water partition coefficient (Wildman–Crippen LogP) is 2.73. The van der Waals surface area contributed by atoms with Crippen molar-refractivity contribution in [3.05, 3.63) is 29.8 Å². The highest BCUT2D eigenvalue weighted by Gasteiger charge is 2.31. The van der Waals surface area contributed by atoms with Gasteiger partial charge in [-0.05, 0) is 30.7 Å². The first-order valence-corrected chi connectivity index (χ1v) is 7.64. The second kappa shape index (κ2) is 6.31. The van der Waals surface area contributed by atoms with Crippen molar-refractivity contribution in [1.29, 1.82) is 0 Å². The summed E-state index contributed by atoms with van der Waals surface area (Å²) in [7, 11) is 0. The SMILES string of the molecule is CC(C)Sc1ccc(C(=O)N2CCC(C(=O)O)C2)cc1. The van der Waals surface area contributed by atoms with E-state index in [1.165, 1.54) is 0 Å². The van der Waals surface area contributed by atoms with Crippen molar-refractivity contribution in [2.75, 3.05) is 13.1 Å². The number of benzene rings is 1. The maximum atomic E-state index is 12.3. The second-order valence-corrected chi connectivity index (χ2v) is 6.92. The lowest BCUT2D eigenvalue weighted by Crippen LogP contribution is -2.29.